The average Bonchev–Trinajstić information content (AvgIpc) is 2.75. The monoisotopic (exact) mass is 324 g/mol. The maximum Gasteiger partial charge on any atom is 0.274 e. The molecule has 2 N–H and O–H groups in total. The van der Waals surface area contributed by atoms with Gasteiger partial charge < -0.3 is 4.90 Å². The van der Waals surface area contributed by atoms with E-state index in [4.69, 9.17) is 0 Å². The second-order valence-corrected chi connectivity index (χ2v) is 6.23. The van der Waals surface area contributed by atoms with Crippen molar-refractivity contribution in [3.63, 3.8) is 0 Å². The van der Waals surface area contributed by atoms with E-state index in [0.717, 1.165) is 5.70 Å². The Labute approximate surface area is 140 Å². The number of aromatic nitrogens is 3. The SMILES string of the molecule is Cc1nnc(N/N=C\C=C2/N(C)c3ccccc3C2(C)C)[nH]c1=O. The number of nitrogens with zero attached hydrogens (tertiary/aromatic N) is 4. The van der Waals surface area contributed by atoms with Gasteiger partial charge >= 0.3 is 0 Å². The predicted molar refractivity (Wildman–Crippen MR) is 95.5 cm³/mol. The lowest BCUT2D eigenvalue weighted by atomic mass is 9.84. The summed E-state index contributed by atoms with van der Waals surface area (Å²) in [5.41, 5.74) is 6.23. The number of aromatic amines is 1. The van der Waals surface area contributed by atoms with Crippen molar-refractivity contribution < 1.29 is 0 Å². The maximum absolute atomic E-state index is 11.5. The number of para-hydroxylation sites is 1. The van der Waals surface area contributed by atoms with Crippen LogP contribution in [0.4, 0.5) is 11.6 Å². The molecular weight excluding hydrogens is 304 g/mol. The Morgan fingerprint density at radius 3 is 2.75 bits per heavy atom. The molecule has 7 heteroatoms. The van der Waals surface area contributed by atoms with Gasteiger partial charge in [0.25, 0.3) is 5.56 Å². The Kier molecular flexibility index (Phi) is 3.92. The van der Waals surface area contributed by atoms with E-state index in [9.17, 15) is 4.79 Å². The van der Waals surface area contributed by atoms with Crippen LogP contribution in [0, 0.1) is 6.92 Å². The second-order valence-electron chi connectivity index (χ2n) is 6.23. The minimum Gasteiger partial charge on any atom is -0.347 e. The highest BCUT2D eigenvalue weighted by Crippen LogP contribution is 2.46. The number of hydrazone groups is 1. The van der Waals surface area contributed by atoms with Crippen molar-refractivity contribution in [2.75, 3.05) is 17.4 Å². The minimum absolute atomic E-state index is 0.102. The molecule has 0 unspecified atom stereocenters. The molecule has 0 radical (unpaired) electrons. The lowest BCUT2D eigenvalue weighted by molar-refractivity contribution is 0.641. The van der Waals surface area contributed by atoms with E-state index in [1.807, 2.05) is 19.2 Å². The summed E-state index contributed by atoms with van der Waals surface area (Å²) in [6.45, 7) is 5.97. The number of benzene rings is 1. The van der Waals surface area contributed by atoms with Gasteiger partial charge in [-0.2, -0.15) is 5.10 Å². The molecule has 0 fully saturated rings. The quantitative estimate of drug-likeness (QED) is 0.667. The average molecular weight is 324 g/mol. The van der Waals surface area contributed by atoms with Crippen molar-refractivity contribution in [2.24, 2.45) is 5.10 Å². The third-order valence-electron chi connectivity index (χ3n) is 4.28. The van der Waals surface area contributed by atoms with Crippen LogP contribution < -0.4 is 15.9 Å². The highest BCUT2D eigenvalue weighted by atomic mass is 16.1. The Morgan fingerprint density at radius 1 is 1.29 bits per heavy atom. The number of likely N-dealkylation sites (N-methyl/N-ethyl adjacent to an activating group) is 1. The molecule has 0 atom stereocenters. The molecule has 2 heterocycles. The van der Waals surface area contributed by atoms with Gasteiger partial charge in [0.05, 0.1) is 0 Å². The summed E-state index contributed by atoms with van der Waals surface area (Å²) in [5.74, 6) is 0.211. The first-order valence-corrected chi connectivity index (χ1v) is 7.68. The summed E-state index contributed by atoms with van der Waals surface area (Å²) in [7, 11) is 2.05. The van der Waals surface area contributed by atoms with Gasteiger partial charge in [0, 0.05) is 30.1 Å². The van der Waals surface area contributed by atoms with Gasteiger partial charge in [0.1, 0.15) is 5.69 Å². The van der Waals surface area contributed by atoms with Gasteiger partial charge in [-0.05, 0) is 24.6 Å². The van der Waals surface area contributed by atoms with Crippen molar-refractivity contribution in [1.29, 1.82) is 0 Å². The Bertz CT molecular complexity index is 881. The Morgan fingerprint density at radius 2 is 2.04 bits per heavy atom. The van der Waals surface area contributed by atoms with Crippen LogP contribution in [0.25, 0.3) is 0 Å². The fraction of sp³-hybridized carbons (Fsp3) is 0.294. The van der Waals surface area contributed by atoms with Crippen molar-refractivity contribution in [3.05, 3.63) is 57.6 Å². The van der Waals surface area contributed by atoms with Crippen LogP contribution >= 0.6 is 0 Å². The molecule has 1 aliphatic heterocycles. The standard InChI is InChI=1S/C17H20N6O/c1-11-15(24)19-16(22-20-11)21-18-10-9-14-17(2,3)12-7-5-6-8-13(12)23(14)4/h5-10H,1-4H3,(H2,19,21,22,24)/b14-9-,18-10-. The second kappa shape index (κ2) is 5.92. The number of hydrogen-bond donors (Lipinski definition) is 2. The number of allylic oxidation sites excluding steroid dienone is 2. The zero-order chi connectivity index (χ0) is 17.3. The van der Waals surface area contributed by atoms with E-state index in [1.54, 1.807) is 13.1 Å². The van der Waals surface area contributed by atoms with Gasteiger partial charge in [-0.25, -0.2) is 5.43 Å². The molecule has 7 nitrogen and oxygen atoms in total. The van der Waals surface area contributed by atoms with Crippen LogP contribution in [0.15, 0.2) is 45.9 Å². The molecule has 0 saturated carbocycles. The summed E-state index contributed by atoms with van der Waals surface area (Å²) in [4.78, 5) is 16.2. The van der Waals surface area contributed by atoms with Crippen LogP contribution in [0.2, 0.25) is 0 Å². The van der Waals surface area contributed by atoms with Crippen molar-refractivity contribution in [1.82, 2.24) is 15.2 Å². The van der Waals surface area contributed by atoms with E-state index >= 15 is 0 Å². The molecule has 0 spiro atoms. The molecule has 1 aliphatic rings. The Balaban J connectivity index is 1.79. The molecule has 2 aromatic rings. The first-order valence-electron chi connectivity index (χ1n) is 7.68. The number of fused-ring (bicyclic) bond motifs is 1. The van der Waals surface area contributed by atoms with E-state index < -0.39 is 0 Å². The maximum atomic E-state index is 11.5. The summed E-state index contributed by atoms with van der Waals surface area (Å²) in [5, 5.41) is 11.7. The number of anilines is 2. The highest BCUT2D eigenvalue weighted by Gasteiger charge is 2.37. The van der Waals surface area contributed by atoms with Gasteiger partial charge in [-0.15, -0.1) is 10.2 Å². The number of H-pyrrole nitrogens is 1. The zero-order valence-electron chi connectivity index (χ0n) is 14.2. The number of nitrogens with one attached hydrogen (secondary N) is 2. The minimum atomic E-state index is -0.284. The first-order chi connectivity index (χ1) is 11.4. The molecule has 0 aliphatic carbocycles. The lowest BCUT2D eigenvalue weighted by Crippen LogP contribution is -2.23. The molecule has 0 bridgehead atoms. The van der Waals surface area contributed by atoms with E-state index in [0.29, 0.717) is 5.69 Å². The van der Waals surface area contributed by atoms with Gasteiger partial charge in [-0.1, -0.05) is 32.0 Å². The fourth-order valence-electron chi connectivity index (χ4n) is 2.95. The predicted octanol–water partition coefficient (Wildman–Crippen LogP) is 2.18. The van der Waals surface area contributed by atoms with Crippen LogP contribution in [0.5, 0.6) is 0 Å². The Hall–Kier alpha value is -2.96. The molecular formula is C17H20N6O. The molecule has 1 aromatic heterocycles. The molecule has 24 heavy (non-hydrogen) atoms. The molecule has 0 amide bonds. The largest absolute Gasteiger partial charge is 0.347 e. The topological polar surface area (TPSA) is 86.3 Å². The smallest absolute Gasteiger partial charge is 0.274 e. The number of aryl methyl sites for hydroxylation is 1. The zero-order valence-corrected chi connectivity index (χ0v) is 14.2. The van der Waals surface area contributed by atoms with Crippen LogP contribution in [-0.2, 0) is 5.41 Å². The van der Waals surface area contributed by atoms with Crippen LogP contribution in [0.3, 0.4) is 0 Å². The molecule has 0 saturated heterocycles. The van der Waals surface area contributed by atoms with Crippen molar-refractivity contribution >= 4 is 17.9 Å². The van der Waals surface area contributed by atoms with Gasteiger partial charge in [0.15, 0.2) is 0 Å². The van der Waals surface area contributed by atoms with E-state index in [2.05, 4.69) is 62.7 Å². The van der Waals surface area contributed by atoms with Crippen molar-refractivity contribution in [2.45, 2.75) is 26.2 Å². The summed E-state index contributed by atoms with van der Waals surface area (Å²) >= 11 is 0. The van der Waals surface area contributed by atoms with E-state index in [-0.39, 0.29) is 16.9 Å². The van der Waals surface area contributed by atoms with Crippen molar-refractivity contribution in [3.8, 4) is 0 Å². The number of rotatable bonds is 3. The van der Waals surface area contributed by atoms with E-state index in [1.165, 1.54) is 11.3 Å². The van der Waals surface area contributed by atoms with Crippen LogP contribution in [0.1, 0.15) is 25.1 Å². The fourth-order valence-corrected chi connectivity index (χ4v) is 2.95. The molecule has 124 valence electrons. The van der Waals surface area contributed by atoms with Gasteiger partial charge in [-0.3, -0.25) is 9.78 Å². The molecule has 3 rings (SSSR count). The molecule has 1 aromatic carbocycles. The van der Waals surface area contributed by atoms with Gasteiger partial charge in [0.2, 0.25) is 5.95 Å². The highest BCUT2D eigenvalue weighted by molar-refractivity contribution is 5.79. The van der Waals surface area contributed by atoms with Crippen LogP contribution in [-0.4, -0.2) is 28.4 Å². The first kappa shape index (κ1) is 15.9. The normalized spacial score (nSPS) is 17.5. The third-order valence-corrected chi connectivity index (χ3v) is 4.28. The number of hydrogen-bond acceptors (Lipinski definition) is 6. The lowest BCUT2D eigenvalue weighted by Gasteiger charge is -2.23. The summed E-state index contributed by atoms with van der Waals surface area (Å²) in [6, 6.07) is 8.35. The summed E-state index contributed by atoms with van der Waals surface area (Å²) < 4.78 is 0. The summed E-state index contributed by atoms with van der Waals surface area (Å²) in [6.07, 6.45) is 3.60. The third kappa shape index (κ3) is 2.68.